The fourth-order valence-electron chi connectivity index (χ4n) is 0.925. The van der Waals surface area contributed by atoms with Crippen LogP contribution in [-0.2, 0) is 0 Å². The monoisotopic (exact) mass is 296 g/mol. The van der Waals surface area contributed by atoms with E-state index in [0.29, 0.717) is 0 Å². The fourth-order valence-corrected chi connectivity index (χ4v) is 1.43. The summed E-state index contributed by atoms with van der Waals surface area (Å²) in [4.78, 5) is 0. The molecule has 0 fully saturated rings. The van der Waals surface area contributed by atoms with Crippen LogP contribution in [0.3, 0.4) is 0 Å². The Morgan fingerprint density at radius 1 is 1.33 bits per heavy atom. The number of rotatable bonds is 2. The molecule has 0 amide bonds. The van der Waals surface area contributed by atoms with Crippen LogP contribution in [0.15, 0.2) is 24.3 Å². The Kier molecular flexibility index (Phi) is 3.80. The van der Waals surface area contributed by atoms with Gasteiger partial charge < -0.3 is 5.11 Å². The number of aliphatic hydroxyl groups excluding tert-OH is 1. The molecule has 1 aromatic rings. The van der Waals surface area contributed by atoms with Gasteiger partial charge in [-0.25, -0.2) is 0 Å². The molecule has 2 unspecified atom stereocenters. The molecule has 0 aliphatic rings. The molecule has 0 saturated heterocycles. The van der Waals surface area contributed by atoms with E-state index in [1.807, 2.05) is 24.3 Å². The molecule has 0 aromatic heterocycles. The predicted molar refractivity (Wildman–Crippen MR) is 59.4 cm³/mol. The van der Waals surface area contributed by atoms with E-state index in [1.54, 1.807) is 6.92 Å². The largest absolute Gasteiger partial charge is 0.392 e. The smallest absolute Gasteiger partial charge is 0.0841 e. The quantitative estimate of drug-likeness (QED) is 0.657. The molecule has 12 heavy (non-hydrogen) atoms. The van der Waals surface area contributed by atoms with Crippen molar-refractivity contribution in [2.75, 3.05) is 0 Å². The Balaban J connectivity index is 2.82. The number of alkyl halides is 1. The second kappa shape index (κ2) is 4.44. The molecule has 1 nitrogen and oxygen atoms in total. The molecule has 1 N–H and O–H groups in total. The van der Waals surface area contributed by atoms with E-state index in [1.165, 1.54) is 3.57 Å². The third-order valence-electron chi connectivity index (χ3n) is 1.61. The van der Waals surface area contributed by atoms with Crippen LogP contribution in [0.1, 0.15) is 17.9 Å². The van der Waals surface area contributed by atoms with Crippen molar-refractivity contribution in [2.24, 2.45) is 0 Å². The van der Waals surface area contributed by atoms with Crippen molar-refractivity contribution in [2.45, 2.75) is 18.4 Å². The van der Waals surface area contributed by atoms with E-state index < -0.39 is 6.10 Å². The van der Waals surface area contributed by atoms with Gasteiger partial charge in [-0.15, -0.1) is 11.6 Å². The molecular weight excluding hydrogens is 286 g/mol. The highest BCUT2D eigenvalue weighted by molar-refractivity contribution is 14.1. The summed E-state index contributed by atoms with van der Waals surface area (Å²) in [6.45, 7) is 1.69. The average molecular weight is 297 g/mol. The summed E-state index contributed by atoms with van der Waals surface area (Å²) in [5.41, 5.74) is 0.965. The van der Waals surface area contributed by atoms with Gasteiger partial charge in [0.15, 0.2) is 0 Å². The zero-order valence-electron chi connectivity index (χ0n) is 6.67. The van der Waals surface area contributed by atoms with E-state index in [0.717, 1.165) is 5.56 Å². The summed E-state index contributed by atoms with van der Waals surface area (Å²) in [5, 5.41) is 8.91. The maximum Gasteiger partial charge on any atom is 0.0841 e. The Bertz CT molecular complexity index is 245. The van der Waals surface area contributed by atoms with Gasteiger partial charge in [0.2, 0.25) is 0 Å². The minimum absolute atomic E-state index is 0.304. The van der Waals surface area contributed by atoms with Crippen LogP contribution < -0.4 is 0 Å². The van der Waals surface area contributed by atoms with Gasteiger partial charge in [-0.2, -0.15) is 0 Å². The maximum absolute atomic E-state index is 9.21. The van der Waals surface area contributed by atoms with Crippen molar-refractivity contribution in [1.82, 2.24) is 0 Å². The molecule has 0 saturated carbocycles. The third-order valence-corrected chi connectivity index (χ3v) is 2.95. The zero-order chi connectivity index (χ0) is 9.14. The Labute approximate surface area is 90.9 Å². The first-order chi connectivity index (χ1) is 5.61. The van der Waals surface area contributed by atoms with Gasteiger partial charge in [0.1, 0.15) is 0 Å². The summed E-state index contributed by atoms with van der Waals surface area (Å²) in [6, 6.07) is 7.83. The molecule has 66 valence electrons. The second-order valence-corrected chi connectivity index (χ2v) is 4.41. The summed E-state index contributed by atoms with van der Waals surface area (Å²) >= 11 is 8.17. The zero-order valence-corrected chi connectivity index (χ0v) is 9.58. The molecule has 0 radical (unpaired) electrons. The summed E-state index contributed by atoms with van der Waals surface area (Å²) in [5.74, 6) is 0. The van der Waals surface area contributed by atoms with E-state index in [9.17, 15) is 5.11 Å². The van der Waals surface area contributed by atoms with Crippen molar-refractivity contribution >= 4 is 34.2 Å². The lowest BCUT2D eigenvalue weighted by Crippen LogP contribution is -2.08. The second-order valence-electron chi connectivity index (χ2n) is 2.69. The predicted octanol–water partition coefficient (Wildman–Crippen LogP) is 2.95. The number of halogens is 2. The van der Waals surface area contributed by atoms with Crippen LogP contribution in [0, 0.1) is 3.57 Å². The van der Waals surface area contributed by atoms with E-state index in [2.05, 4.69) is 22.6 Å². The first kappa shape index (κ1) is 10.3. The van der Waals surface area contributed by atoms with Gasteiger partial charge in [0.05, 0.1) is 11.5 Å². The summed E-state index contributed by atoms with van der Waals surface area (Å²) in [7, 11) is 0. The van der Waals surface area contributed by atoms with E-state index >= 15 is 0 Å². The molecule has 2 atom stereocenters. The molecule has 1 rings (SSSR count). The number of hydrogen-bond donors (Lipinski definition) is 1. The van der Waals surface area contributed by atoms with Crippen LogP contribution in [-0.4, -0.2) is 11.2 Å². The molecule has 0 aliphatic heterocycles. The lowest BCUT2D eigenvalue weighted by atomic mass is 10.1. The lowest BCUT2D eigenvalue weighted by Gasteiger charge is -2.12. The third kappa shape index (κ3) is 2.61. The fraction of sp³-hybridized carbons (Fsp3) is 0.333. The van der Waals surface area contributed by atoms with Gasteiger partial charge >= 0.3 is 0 Å². The molecular formula is C9H10ClIO. The van der Waals surface area contributed by atoms with Crippen molar-refractivity contribution in [3.8, 4) is 0 Å². The summed E-state index contributed by atoms with van der Waals surface area (Å²) in [6.07, 6.45) is -0.508. The standard InChI is InChI=1S/C9H10ClIO/c1-6(12)9(10)7-2-4-8(11)5-3-7/h2-6,9,12H,1H3. The number of aliphatic hydroxyl groups is 1. The van der Waals surface area contributed by atoms with E-state index in [4.69, 9.17) is 11.6 Å². The summed E-state index contributed by atoms with van der Waals surface area (Å²) < 4.78 is 1.17. The highest BCUT2D eigenvalue weighted by atomic mass is 127. The van der Waals surface area contributed by atoms with Gasteiger partial charge in [0.25, 0.3) is 0 Å². The SMILES string of the molecule is CC(O)C(Cl)c1ccc(I)cc1. The van der Waals surface area contributed by atoms with Crippen LogP contribution in [0.2, 0.25) is 0 Å². The van der Waals surface area contributed by atoms with Crippen molar-refractivity contribution in [1.29, 1.82) is 0 Å². The minimum atomic E-state index is -0.508. The van der Waals surface area contributed by atoms with Crippen molar-refractivity contribution in [3.05, 3.63) is 33.4 Å². The van der Waals surface area contributed by atoms with Gasteiger partial charge in [-0.1, -0.05) is 12.1 Å². The van der Waals surface area contributed by atoms with Gasteiger partial charge in [0, 0.05) is 3.57 Å². The maximum atomic E-state index is 9.21. The van der Waals surface area contributed by atoms with Crippen LogP contribution in [0.4, 0.5) is 0 Å². The highest BCUT2D eigenvalue weighted by Crippen LogP contribution is 2.24. The number of hydrogen-bond acceptors (Lipinski definition) is 1. The molecule has 0 bridgehead atoms. The Morgan fingerprint density at radius 2 is 1.83 bits per heavy atom. The first-order valence-electron chi connectivity index (χ1n) is 3.69. The number of benzene rings is 1. The Morgan fingerprint density at radius 3 is 2.25 bits per heavy atom. The van der Waals surface area contributed by atoms with Gasteiger partial charge in [-0.05, 0) is 47.2 Å². The van der Waals surface area contributed by atoms with Crippen LogP contribution in [0.5, 0.6) is 0 Å². The van der Waals surface area contributed by atoms with Crippen LogP contribution >= 0.6 is 34.2 Å². The van der Waals surface area contributed by atoms with E-state index in [-0.39, 0.29) is 5.38 Å². The molecule has 3 heteroatoms. The molecule has 1 aromatic carbocycles. The van der Waals surface area contributed by atoms with Crippen molar-refractivity contribution in [3.63, 3.8) is 0 Å². The lowest BCUT2D eigenvalue weighted by molar-refractivity contribution is 0.190. The minimum Gasteiger partial charge on any atom is -0.392 e. The Hall–Kier alpha value is 0.200. The normalized spacial score (nSPS) is 15.7. The molecule has 0 spiro atoms. The van der Waals surface area contributed by atoms with Crippen molar-refractivity contribution < 1.29 is 5.11 Å². The molecule has 0 aliphatic carbocycles. The van der Waals surface area contributed by atoms with Gasteiger partial charge in [-0.3, -0.25) is 0 Å². The van der Waals surface area contributed by atoms with Crippen LogP contribution in [0.25, 0.3) is 0 Å². The average Bonchev–Trinajstić information content (AvgIpc) is 2.04. The molecule has 0 heterocycles. The first-order valence-corrected chi connectivity index (χ1v) is 5.20. The highest BCUT2D eigenvalue weighted by Gasteiger charge is 2.12. The topological polar surface area (TPSA) is 20.2 Å².